The summed E-state index contributed by atoms with van der Waals surface area (Å²) in [6.07, 6.45) is 10.1. The van der Waals surface area contributed by atoms with Crippen LogP contribution in [0.1, 0.15) is 93.5 Å². The van der Waals surface area contributed by atoms with E-state index in [1.807, 2.05) is 37.3 Å². The molecule has 2 aromatic rings. The second-order valence-corrected chi connectivity index (χ2v) is 10.7. The summed E-state index contributed by atoms with van der Waals surface area (Å²) in [5.41, 5.74) is 3.01. The number of hydrogen-bond acceptors (Lipinski definition) is 4. The van der Waals surface area contributed by atoms with Crippen molar-refractivity contribution in [2.75, 3.05) is 19.6 Å². The number of aryl methyl sites for hydroxylation is 1. The molecule has 0 aliphatic heterocycles. The molecule has 2 aliphatic rings. The number of halogens is 1. The van der Waals surface area contributed by atoms with Crippen molar-refractivity contribution >= 4 is 23.4 Å². The first kappa shape index (κ1) is 28.3. The summed E-state index contributed by atoms with van der Waals surface area (Å²) in [7, 11) is 1.59. The van der Waals surface area contributed by atoms with E-state index in [1.165, 1.54) is 18.4 Å². The fourth-order valence-corrected chi connectivity index (χ4v) is 6.05. The summed E-state index contributed by atoms with van der Waals surface area (Å²) in [4.78, 5) is 29.5. The zero-order chi connectivity index (χ0) is 26.9. The van der Waals surface area contributed by atoms with Gasteiger partial charge in [0.1, 0.15) is 11.9 Å². The highest BCUT2D eigenvalue weighted by Gasteiger charge is 2.39. The van der Waals surface area contributed by atoms with Crippen molar-refractivity contribution in [1.82, 2.24) is 10.2 Å². The van der Waals surface area contributed by atoms with Gasteiger partial charge in [-0.05, 0) is 67.3 Å². The van der Waals surface area contributed by atoms with Crippen LogP contribution in [0.4, 0.5) is 0 Å². The normalized spacial score (nSPS) is 18.6. The molecule has 0 aromatic heterocycles. The Hall–Kier alpha value is -2.73. The molecule has 0 bridgehead atoms. The smallest absolute Gasteiger partial charge is 0.247 e. The molecular weight excluding hydrogens is 500 g/mol. The third kappa shape index (κ3) is 6.63. The Morgan fingerprint density at radius 3 is 2.50 bits per heavy atom. The first-order chi connectivity index (χ1) is 18.6. The zero-order valence-electron chi connectivity index (χ0n) is 22.7. The molecule has 6 nitrogen and oxygen atoms in total. The fourth-order valence-electron chi connectivity index (χ4n) is 5.91. The summed E-state index contributed by atoms with van der Waals surface area (Å²) in [6.45, 7) is 2.61. The Balaban J connectivity index is 1.77. The number of nitrogens with zero attached hydrogens (tertiary/aromatic N) is 1. The van der Waals surface area contributed by atoms with Gasteiger partial charge < -0.3 is 19.7 Å². The quantitative estimate of drug-likeness (QED) is 0.275. The molecule has 38 heavy (non-hydrogen) atoms. The summed E-state index contributed by atoms with van der Waals surface area (Å²) in [6, 6.07) is 12.8. The number of fused-ring (bicyclic) bond motifs is 1. The monoisotopic (exact) mass is 540 g/mol. The molecule has 0 saturated heterocycles. The van der Waals surface area contributed by atoms with E-state index in [9.17, 15) is 9.59 Å². The zero-order valence-corrected chi connectivity index (χ0v) is 23.5. The van der Waals surface area contributed by atoms with Crippen LogP contribution in [0.3, 0.4) is 0 Å². The lowest BCUT2D eigenvalue weighted by Crippen LogP contribution is -2.48. The topological polar surface area (TPSA) is 67.9 Å². The highest BCUT2D eigenvalue weighted by Crippen LogP contribution is 2.41. The Morgan fingerprint density at radius 2 is 1.79 bits per heavy atom. The van der Waals surface area contributed by atoms with Gasteiger partial charge in [0, 0.05) is 6.04 Å². The summed E-state index contributed by atoms with van der Waals surface area (Å²) in [5, 5.41) is 3.32. The number of amides is 2. The van der Waals surface area contributed by atoms with Crippen LogP contribution in [0.2, 0.25) is 0 Å². The Labute approximate surface area is 232 Å². The number of nitrogens with one attached hydrogen (secondary N) is 1. The molecule has 1 N–H and O–H groups in total. The highest BCUT2D eigenvalue weighted by molar-refractivity contribution is 6.27. The molecule has 7 heteroatoms. The van der Waals surface area contributed by atoms with E-state index >= 15 is 0 Å². The van der Waals surface area contributed by atoms with Crippen LogP contribution < -0.4 is 14.8 Å². The molecule has 0 heterocycles. The first-order valence-corrected chi connectivity index (χ1v) is 14.7. The van der Waals surface area contributed by atoms with Crippen LogP contribution in [-0.4, -0.2) is 42.4 Å². The highest BCUT2D eigenvalue weighted by atomic mass is 35.5. The predicted octanol–water partition coefficient (Wildman–Crippen LogP) is 6.51. The van der Waals surface area contributed by atoms with E-state index in [-0.39, 0.29) is 29.8 Å². The van der Waals surface area contributed by atoms with Gasteiger partial charge in [0.05, 0.1) is 19.8 Å². The number of methoxy groups -OCH3 is 1. The number of ether oxygens (including phenoxy) is 2. The lowest BCUT2D eigenvalue weighted by molar-refractivity contribution is -0.142. The number of hydrogen-bond donors (Lipinski definition) is 1. The molecule has 206 valence electrons. The molecule has 1 saturated carbocycles. The van der Waals surface area contributed by atoms with E-state index in [0.29, 0.717) is 23.7 Å². The van der Waals surface area contributed by atoms with Gasteiger partial charge in [-0.25, -0.2) is 0 Å². The second-order valence-electron chi connectivity index (χ2n) is 10.4. The lowest BCUT2D eigenvalue weighted by atomic mass is 9.85. The molecule has 2 amide bonds. The van der Waals surface area contributed by atoms with E-state index in [1.54, 1.807) is 12.0 Å². The van der Waals surface area contributed by atoms with Crippen molar-refractivity contribution in [3.8, 4) is 11.5 Å². The van der Waals surface area contributed by atoms with Crippen molar-refractivity contribution < 1.29 is 19.1 Å². The molecule has 2 aliphatic carbocycles. The molecule has 2 aromatic carbocycles. The van der Waals surface area contributed by atoms with Gasteiger partial charge >= 0.3 is 0 Å². The molecule has 1 fully saturated rings. The van der Waals surface area contributed by atoms with Gasteiger partial charge in [-0.2, -0.15) is 0 Å². The predicted molar refractivity (Wildman–Crippen MR) is 151 cm³/mol. The van der Waals surface area contributed by atoms with Gasteiger partial charge in [0.15, 0.2) is 11.5 Å². The average Bonchev–Trinajstić information content (AvgIpc) is 3.22. The van der Waals surface area contributed by atoms with E-state index in [0.717, 1.165) is 56.9 Å². The van der Waals surface area contributed by atoms with Gasteiger partial charge in [-0.15, -0.1) is 11.6 Å². The van der Waals surface area contributed by atoms with Crippen molar-refractivity contribution in [1.29, 1.82) is 0 Å². The average molecular weight is 541 g/mol. The molecule has 4 rings (SSSR count). The molecular formula is C31H41ClN2O4. The first-order valence-electron chi connectivity index (χ1n) is 14.1. The summed E-state index contributed by atoms with van der Waals surface area (Å²) in [5.74, 6) is 0.563. The Morgan fingerprint density at radius 1 is 1.03 bits per heavy atom. The van der Waals surface area contributed by atoms with E-state index < -0.39 is 6.04 Å². The van der Waals surface area contributed by atoms with Crippen LogP contribution in [0, 0.1) is 0 Å². The number of carbonyl (C=O) groups is 2. The van der Waals surface area contributed by atoms with Crippen molar-refractivity contribution in [2.45, 2.75) is 89.3 Å². The van der Waals surface area contributed by atoms with Crippen LogP contribution >= 0.6 is 11.6 Å². The second kappa shape index (κ2) is 13.9. The van der Waals surface area contributed by atoms with Crippen LogP contribution in [-0.2, 0) is 16.0 Å². The number of alkyl halides is 1. The summed E-state index contributed by atoms with van der Waals surface area (Å²) >= 11 is 6.22. The molecule has 2 atom stereocenters. The third-order valence-electron chi connectivity index (χ3n) is 7.77. The maximum absolute atomic E-state index is 14.2. The number of benzene rings is 2. The lowest BCUT2D eigenvalue weighted by Gasteiger charge is -2.41. The minimum absolute atomic E-state index is 0.105. The Bertz CT molecular complexity index is 1080. The van der Waals surface area contributed by atoms with Gasteiger partial charge in [-0.1, -0.05) is 62.9 Å². The summed E-state index contributed by atoms with van der Waals surface area (Å²) < 4.78 is 11.5. The van der Waals surface area contributed by atoms with Gasteiger partial charge in [0.25, 0.3) is 0 Å². The largest absolute Gasteiger partial charge is 0.493 e. The maximum atomic E-state index is 14.2. The van der Waals surface area contributed by atoms with Gasteiger partial charge in [0.2, 0.25) is 11.8 Å². The van der Waals surface area contributed by atoms with Crippen LogP contribution in [0.5, 0.6) is 11.5 Å². The van der Waals surface area contributed by atoms with Crippen LogP contribution in [0.25, 0.3) is 0 Å². The SMILES string of the molecule is CCCOc1ccc(C(C(=O)NC2CCCCCC2)N(C(=O)CCl)C2CCCc3ccccc32)cc1OC. The third-order valence-corrected chi connectivity index (χ3v) is 8.00. The van der Waals surface area contributed by atoms with Crippen LogP contribution in [0.15, 0.2) is 42.5 Å². The minimum atomic E-state index is -0.838. The van der Waals surface area contributed by atoms with E-state index in [4.69, 9.17) is 21.1 Å². The number of carbonyl (C=O) groups excluding carboxylic acids is 2. The van der Waals surface area contributed by atoms with Crippen molar-refractivity contribution in [3.05, 3.63) is 59.2 Å². The number of rotatable bonds is 10. The maximum Gasteiger partial charge on any atom is 0.247 e. The standard InChI is InChI=1S/C31H41ClN2O4/c1-3-19-38-27-18-17-23(20-28(27)37-2)30(31(36)33-24-13-6-4-5-7-14-24)34(29(35)21-32)26-16-10-12-22-11-8-9-15-25(22)26/h8-9,11,15,17-18,20,24,26,30H,3-7,10,12-14,16,19,21H2,1-2H3,(H,33,36). The van der Waals surface area contributed by atoms with Gasteiger partial charge in [-0.3, -0.25) is 9.59 Å². The van der Waals surface area contributed by atoms with Crippen molar-refractivity contribution in [3.63, 3.8) is 0 Å². The molecule has 0 spiro atoms. The fraction of sp³-hybridized carbons (Fsp3) is 0.548. The van der Waals surface area contributed by atoms with Crippen molar-refractivity contribution in [2.24, 2.45) is 0 Å². The minimum Gasteiger partial charge on any atom is -0.493 e. The Kier molecular flexibility index (Phi) is 10.3. The van der Waals surface area contributed by atoms with E-state index in [2.05, 4.69) is 17.4 Å². The molecule has 0 radical (unpaired) electrons. The molecule has 2 unspecified atom stereocenters.